The monoisotopic (exact) mass is 311 g/mol. The fraction of sp³-hybridized carbons (Fsp3) is 0.231. The van der Waals surface area contributed by atoms with Crippen molar-refractivity contribution in [2.45, 2.75) is 10.8 Å². The second-order valence-electron chi connectivity index (χ2n) is 4.15. The molecule has 2 N–H and O–H groups in total. The Labute approximate surface area is 124 Å². The first-order chi connectivity index (χ1) is 9.56. The first kappa shape index (κ1) is 14.8. The van der Waals surface area contributed by atoms with Crippen LogP contribution in [0, 0.1) is 5.82 Å². The molecular weight excluding hydrogens is 297 g/mol. The molecule has 2 aromatic rings. The molecule has 4 nitrogen and oxygen atoms in total. The first-order valence-corrected chi connectivity index (χ1v) is 7.68. The van der Waals surface area contributed by atoms with Crippen LogP contribution in [0.15, 0.2) is 34.7 Å². The molecule has 0 spiro atoms. The lowest BCUT2D eigenvalue weighted by molar-refractivity contribution is -0.127. The van der Waals surface area contributed by atoms with Gasteiger partial charge < -0.3 is 10.6 Å². The molecule has 1 amide bonds. The van der Waals surface area contributed by atoms with Gasteiger partial charge in [-0.1, -0.05) is 29.5 Å². The highest BCUT2D eigenvalue weighted by molar-refractivity contribution is 8.01. The minimum atomic E-state index is -0.296. The van der Waals surface area contributed by atoms with Crippen LogP contribution in [-0.4, -0.2) is 28.6 Å². The van der Waals surface area contributed by atoms with Crippen LogP contribution in [0.2, 0.25) is 0 Å². The molecule has 0 saturated heterocycles. The van der Waals surface area contributed by atoms with Gasteiger partial charge in [0.05, 0.1) is 16.2 Å². The summed E-state index contributed by atoms with van der Waals surface area (Å²) in [4.78, 5) is 17.4. The third-order valence-electron chi connectivity index (χ3n) is 2.63. The van der Waals surface area contributed by atoms with E-state index in [1.54, 1.807) is 31.4 Å². The molecule has 0 atom stereocenters. The molecule has 0 aliphatic heterocycles. The van der Waals surface area contributed by atoms with Crippen LogP contribution in [-0.2, 0) is 11.3 Å². The van der Waals surface area contributed by atoms with Gasteiger partial charge >= 0.3 is 0 Å². The number of benzene rings is 1. The Hall–Kier alpha value is -1.60. The van der Waals surface area contributed by atoms with Crippen molar-refractivity contribution < 1.29 is 9.18 Å². The lowest BCUT2D eigenvalue weighted by Gasteiger charge is -2.17. The standard InChI is InChI=1S/C13H14FN3OS2/c1-17(7-9-4-2-3-5-10(9)14)11(18)8-19-12-6-16-13(15)20-12/h2-6H,7-8H2,1H3,(H2,15,16). The van der Waals surface area contributed by atoms with Gasteiger partial charge in [0.1, 0.15) is 5.82 Å². The van der Waals surface area contributed by atoms with E-state index in [2.05, 4.69) is 4.98 Å². The molecule has 0 radical (unpaired) electrons. The predicted octanol–water partition coefficient (Wildman–Crippen LogP) is 2.62. The molecule has 2 rings (SSSR count). The van der Waals surface area contributed by atoms with E-state index in [1.165, 1.54) is 34.1 Å². The normalized spacial score (nSPS) is 10.5. The summed E-state index contributed by atoms with van der Waals surface area (Å²) in [5, 5.41) is 0.486. The van der Waals surface area contributed by atoms with E-state index >= 15 is 0 Å². The molecule has 0 aliphatic rings. The average Bonchev–Trinajstić information content (AvgIpc) is 2.84. The molecule has 0 aliphatic carbocycles. The SMILES string of the molecule is CN(Cc1ccccc1F)C(=O)CSc1cnc(N)s1. The zero-order valence-electron chi connectivity index (χ0n) is 10.9. The van der Waals surface area contributed by atoms with Crippen molar-refractivity contribution in [1.29, 1.82) is 0 Å². The van der Waals surface area contributed by atoms with Crippen LogP contribution in [0.25, 0.3) is 0 Å². The maximum Gasteiger partial charge on any atom is 0.233 e. The zero-order chi connectivity index (χ0) is 14.5. The summed E-state index contributed by atoms with van der Waals surface area (Å²) in [6.45, 7) is 0.261. The summed E-state index contributed by atoms with van der Waals surface area (Å²) in [5.41, 5.74) is 6.03. The number of hydrogen-bond acceptors (Lipinski definition) is 5. The number of nitrogen functional groups attached to an aromatic ring is 1. The fourth-order valence-electron chi connectivity index (χ4n) is 1.55. The summed E-state index contributed by atoms with van der Waals surface area (Å²) in [7, 11) is 1.66. The van der Waals surface area contributed by atoms with Crippen molar-refractivity contribution >= 4 is 34.1 Å². The van der Waals surface area contributed by atoms with Gasteiger partial charge in [0.25, 0.3) is 0 Å². The minimum Gasteiger partial charge on any atom is -0.375 e. The summed E-state index contributed by atoms with van der Waals surface area (Å²) in [6, 6.07) is 6.45. The highest BCUT2D eigenvalue weighted by Crippen LogP contribution is 2.26. The number of aromatic nitrogens is 1. The minimum absolute atomic E-state index is 0.0646. The third kappa shape index (κ3) is 3.94. The summed E-state index contributed by atoms with van der Waals surface area (Å²) >= 11 is 2.73. The summed E-state index contributed by atoms with van der Waals surface area (Å²) in [6.07, 6.45) is 1.65. The van der Waals surface area contributed by atoms with Gasteiger partial charge in [0.15, 0.2) is 5.13 Å². The number of anilines is 1. The smallest absolute Gasteiger partial charge is 0.233 e. The number of nitrogens with two attached hydrogens (primary N) is 1. The number of carbonyl (C=O) groups is 1. The number of nitrogens with zero attached hydrogens (tertiary/aromatic N) is 2. The van der Waals surface area contributed by atoms with Gasteiger partial charge in [-0.15, -0.1) is 11.8 Å². The van der Waals surface area contributed by atoms with E-state index < -0.39 is 0 Å². The second kappa shape index (κ2) is 6.71. The lowest BCUT2D eigenvalue weighted by atomic mass is 10.2. The van der Waals surface area contributed by atoms with E-state index in [0.717, 1.165) is 4.21 Å². The van der Waals surface area contributed by atoms with E-state index in [4.69, 9.17) is 5.73 Å². The number of hydrogen-bond donors (Lipinski definition) is 1. The fourth-order valence-corrected chi connectivity index (χ4v) is 3.25. The quantitative estimate of drug-likeness (QED) is 0.862. The van der Waals surface area contributed by atoms with E-state index in [1.807, 2.05) is 0 Å². The molecule has 0 fully saturated rings. The highest BCUT2D eigenvalue weighted by Gasteiger charge is 2.12. The van der Waals surface area contributed by atoms with Crippen LogP contribution in [0.4, 0.5) is 9.52 Å². The van der Waals surface area contributed by atoms with E-state index in [-0.39, 0.29) is 24.0 Å². The van der Waals surface area contributed by atoms with Crippen molar-refractivity contribution in [2.75, 3.05) is 18.5 Å². The number of halogens is 1. The van der Waals surface area contributed by atoms with Crippen LogP contribution in [0.5, 0.6) is 0 Å². The number of rotatable bonds is 5. The van der Waals surface area contributed by atoms with Crippen LogP contribution in [0.1, 0.15) is 5.56 Å². The Morgan fingerprint density at radius 1 is 1.50 bits per heavy atom. The largest absolute Gasteiger partial charge is 0.375 e. The van der Waals surface area contributed by atoms with Gasteiger partial charge in [-0.2, -0.15) is 0 Å². The molecular formula is C13H14FN3OS2. The summed E-state index contributed by atoms with van der Waals surface area (Å²) < 4.78 is 14.4. The molecule has 0 bridgehead atoms. The van der Waals surface area contributed by atoms with Crippen molar-refractivity contribution in [2.24, 2.45) is 0 Å². The molecule has 0 saturated carbocycles. The highest BCUT2D eigenvalue weighted by atomic mass is 32.2. The first-order valence-electron chi connectivity index (χ1n) is 5.87. The van der Waals surface area contributed by atoms with Crippen molar-refractivity contribution in [1.82, 2.24) is 9.88 Å². The summed E-state index contributed by atoms with van der Waals surface area (Å²) in [5.74, 6) is -0.0766. The third-order valence-corrected chi connectivity index (χ3v) is 4.64. The van der Waals surface area contributed by atoms with Gasteiger partial charge in [-0.25, -0.2) is 9.37 Å². The molecule has 1 aromatic carbocycles. The Balaban J connectivity index is 1.87. The lowest BCUT2D eigenvalue weighted by Crippen LogP contribution is -2.28. The van der Waals surface area contributed by atoms with Gasteiger partial charge in [0, 0.05) is 19.2 Å². The maximum absolute atomic E-state index is 13.5. The van der Waals surface area contributed by atoms with Gasteiger partial charge in [0.2, 0.25) is 5.91 Å². The van der Waals surface area contributed by atoms with Crippen LogP contribution >= 0.6 is 23.1 Å². The Morgan fingerprint density at radius 3 is 2.90 bits per heavy atom. The van der Waals surface area contributed by atoms with Crippen LogP contribution < -0.4 is 5.73 Å². The molecule has 0 unspecified atom stereocenters. The Morgan fingerprint density at radius 2 is 2.25 bits per heavy atom. The molecule has 106 valence electrons. The molecule has 1 aromatic heterocycles. The molecule has 1 heterocycles. The molecule has 7 heteroatoms. The Bertz CT molecular complexity index is 603. The average molecular weight is 311 g/mol. The maximum atomic E-state index is 13.5. The van der Waals surface area contributed by atoms with Crippen molar-refractivity contribution in [3.63, 3.8) is 0 Å². The zero-order valence-corrected chi connectivity index (χ0v) is 12.5. The van der Waals surface area contributed by atoms with E-state index in [0.29, 0.717) is 10.7 Å². The van der Waals surface area contributed by atoms with Crippen molar-refractivity contribution in [3.05, 3.63) is 41.8 Å². The second-order valence-corrected chi connectivity index (χ2v) is 6.49. The number of amides is 1. The van der Waals surface area contributed by atoms with Crippen molar-refractivity contribution in [3.8, 4) is 0 Å². The van der Waals surface area contributed by atoms with Gasteiger partial charge in [-0.05, 0) is 6.07 Å². The molecule has 20 heavy (non-hydrogen) atoms. The van der Waals surface area contributed by atoms with Crippen LogP contribution in [0.3, 0.4) is 0 Å². The van der Waals surface area contributed by atoms with E-state index in [9.17, 15) is 9.18 Å². The predicted molar refractivity (Wildman–Crippen MR) is 80.1 cm³/mol. The topological polar surface area (TPSA) is 59.2 Å². The number of thioether (sulfide) groups is 1. The number of thiazole rings is 1. The Kier molecular flexibility index (Phi) is 4.97. The van der Waals surface area contributed by atoms with Gasteiger partial charge in [-0.3, -0.25) is 4.79 Å². The number of carbonyl (C=O) groups excluding carboxylic acids is 1.